The van der Waals surface area contributed by atoms with Crippen LogP contribution in [0.25, 0.3) is 22.4 Å². The van der Waals surface area contributed by atoms with Gasteiger partial charge in [0.1, 0.15) is 11.3 Å². The van der Waals surface area contributed by atoms with Gasteiger partial charge in [0.15, 0.2) is 6.61 Å². The zero-order chi connectivity index (χ0) is 19.5. The van der Waals surface area contributed by atoms with Crippen molar-refractivity contribution in [3.05, 3.63) is 65.7 Å². The van der Waals surface area contributed by atoms with E-state index in [1.165, 1.54) is 0 Å². The van der Waals surface area contributed by atoms with Crippen molar-refractivity contribution >= 4 is 16.9 Å². The molecule has 0 unspecified atom stereocenters. The summed E-state index contributed by atoms with van der Waals surface area (Å²) in [7, 11) is 0. The lowest BCUT2D eigenvalue weighted by molar-refractivity contribution is 0.0404. The zero-order valence-corrected chi connectivity index (χ0v) is 15.5. The lowest BCUT2D eigenvalue weighted by atomic mass is 10.1. The van der Waals surface area contributed by atoms with Gasteiger partial charge in [0.2, 0.25) is 11.7 Å². The summed E-state index contributed by atoms with van der Waals surface area (Å²) in [4.78, 5) is 12.5. The van der Waals surface area contributed by atoms with Crippen LogP contribution < -0.4 is 4.74 Å². The van der Waals surface area contributed by atoms with Gasteiger partial charge in [-0.15, -0.1) is 10.2 Å². The van der Waals surface area contributed by atoms with Gasteiger partial charge in [-0.05, 0) is 44.2 Å². The molecule has 0 aliphatic heterocycles. The number of hydrogen-bond donors (Lipinski definition) is 0. The van der Waals surface area contributed by atoms with Gasteiger partial charge >= 0.3 is 5.97 Å². The standard InChI is InChI=1S/C21H18N2O5/c1-3-25-15-9-10-17-16(11-15)13(2)19(27-17)21(24)26-12-18-22-23-20(28-18)14-7-5-4-6-8-14/h4-11H,3,12H2,1-2H3. The molecule has 0 radical (unpaired) electrons. The van der Waals surface area contributed by atoms with Crippen LogP contribution in [0.5, 0.6) is 5.75 Å². The van der Waals surface area contributed by atoms with Crippen molar-refractivity contribution in [2.45, 2.75) is 20.5 Å². The minimum Gasteiger partial charge on any atom is -0.494 e. The lowest BCUT2D eigenvalue weighted by Crippen LogP contribution is -2.05. The van der Waals surface area contributed by atoms with Crippen LogP contribution in [0.15, 0.2) is 57.4 Å². The SMILES string of the molecule is CCOc1ccc2oc(C(=O)OCc3nnc(-c4ccccc4)o3)c(C)c2c1. The molecule has 7 nitrogen and oxygen atoms in total. The fraction of sp³-hybridized carbons (Fsp3) is 0.190. The average molecular weight is 378 g/mol. The van der Waals surface area contributed by atoms with Gasteiger partial charge in [0.05, 0.1) is 6.61 Å². The number of carbonyl (C=O) groups is 1. The van der Waals surface area contributed by atoms with E-state index in [2.05, 4.69) is 10.2 Å². The van der Waals surface area contributed by atoms with E-state index in [4.69, 9.17) is 18.3 Å². The van der Waals surface area contributed by atoms with Gasteiger partial charge in [-0.3, -0.25) is 0 Å². The molecule has 0 aliphatic rings. The topological polar surface area (TPSA) is 87.6 Å². The maximum atomic E-state index is 12.5. The average Bonchev–Trinajstić information content (AvgIpc) is 3.32. The van der Waals surface area contributed by atoms with Gasteiger partial charge in [-0.25, -0.2) is 4.79 Å². The first-order valence-electron chi connectivity index (χ1n) is 8.86. The third-order valence-electron chi connectivity index (χ3n) is 4.22. The Balaban J connectivity index is 1.48. The Hall–Kier alpha value is -3.61. The highest BCUT2D eigenvalue weighted by molar-refractivity contribution is 5.96. The lowest BCUT2D eigenvalue weighted by Gasteiger charge is -2.01. The summed E-state index contributed by atoms with van der Waals surface area (Å²) in [6.45, 7) is 4.14. The number of aromatic nitrogens is 2. The van der Waals surface area contributed by atoms with Crippen molar-refractivity contribution in [3.63, 3.8) is 0 Å². The first-order chi connectivity index (χ1) is 13.7. The fourth-order valence-electron chi connectivity index (χ4n) is 2.85. The highest BCUT2D eigenvalue weighted by Gasteiger charge is 2.20. The molecule has 4 aromatic rings. The van der Waals surface area contributed by atoms with Crippen LogP contribution in [0.3, 0.4) is 0 Å². The minimum absolute atomic E-state index is 0.140. The Morgan fingerprint density at radius 1 is 1.07 bits per heavy atom. The van der Waals surface area contributed by atoms with Gasteiger partial charge in [0, 0.05) is 16.5 Å². The highest BCUT2D eigenvalue weighted by Crippen LogP contribution is 2.29. The van der Waals surface area contributed by atoms with E-state index in [1.807, 2.05) is 43.3 Å². The Bertz CT molecular complexity index is 1110. The molecule has 0 spiro atoms. The molecule has 0 fully saturated rings. The summed E-state index contributed by atoms with van der Waals surface area (Å²) in [6, 6.07) is 14.8. The van der Waals surface area contributed by atoms with Crippen molar-refractivity contribution in [1.29, 1.82) is 0 Å². The summed E-state index contributed by atoms with van der Waals surface area (Å²) in [5, 5.41) is 8.69. The summed E-state index contributed by atoms with van der Waals surface area (Å²) in [5.74, 6) is 0.852. The van der Waals surface area contributed by atoms with E-state index in [-0.39, 0.29) is 18.3 Å². The van der Waals surface area contributed by atoms with Crippen LogP contribution in [0, 0.1) is 6.92 Å². The van der Waals surface area contributed by atoms with Gasteiger partial charge < -0.3 is 18.3 Å². The molecule has 0 bridgehead atoms. The second-order valence-corrected chi connectivity index (χ2v) is 6.09. The summed E-state index contributed by atoms with van der Waals surface area (Å²) in [5.41, 5.74) is 2.08. The summed E-state index contributed by atoms with van der Waals surface area (Å²) < 4.78 is 22.0. The smallest absolute Gasteiger partial charge is 0.375 e. The Labute approximate surface area is 160 Å². The fourth-order valence-corrected chi connectivity index (χ4v) is 2.85. The molecule has 142 valence electrons. The Morgan fingerprint density at radius 2 is 1.89 bits per heavy atom. The molecule has 2 aromatic heterocycles. The minimum atomic E-state index is -0.592. The molecule has 0 saturated heterocycles. The van der Waals surface area contributed by atoms with E-state index in [0.717, 1.165) is 16.7 Å². The van der Waals surface area contributed by atoms with Crippen LogP contribution in [-0.2, 0) is 11.3 Å². The number of fused-ring (bicyclic) bond motifs is 1. The zero-order valence-electron chi connectivity index (χ0n) is 15.5. The third kappa shape index (κ3) is 3.46. The van der Waals surface area contributed by atoms with Crippen LogP contribution in [0.2, 0.25) is 0 Å². The third-order valence-corrected chi connectivity index (χ3v) is 4.22. The summed E-state index contributed by atoms with van der Waals surface area (Å²) >= 11 is 0. The molecule has 0 aliphatic carbocycles. The Kier molecular flexibility index (Phi) is 4.80. The number of furan rings is 1. The number of ether oxygens (including phenoxy) is 2. The van der Waals surface area contributed by atoms with Crippen molar-refractivity contribution < 1.29 is 23.1 Å². The molecular weight excluding hydrogens is 360 g/mol. The number of carbonyl (C=O) groups excluding carboxylic acids is 1. The van der Waals surface area contributed by atoms with Crippen LogP contribution >= 0.6 is 0 Å². The molecule has 7 heteroatoms. The van der Waals surface area contributed by atoms with Crippen molar-refractivity contribution in [2.75, 3.05) is 6.61 Å². The van der Waals surface area contributed by atoms with Gasteiger partial charge in [0.25, 0.3) is 5.89 Å². The van der Waals surface area contributed by atoms with Crippen molar-refractivity contribution in [3.8, 4) is 17.2 Å². The van der Waals surface area contributed by atoms with Crippen LogP contribution in [0.1, 0.15) is 28.9 Å². The van der Waals surface area contributed by atoms with E-state index >= 15 is 0 Å². The van der Waals surface area contributed by atoms with Crippen LogP contribution in [0.4, 0.5) is 0 Å². The molecule has 2 heterocycles. The van der Waals surface area contributed by atoms with E-state index in [0.29, 0.717) is 23.6 Å². The summed E-state index contributed by atoms with van der Waals surface area (Å²) in [6.07, 6.45) is 0. The maximum Gasteiger partial charge on any atom is 0.375 e. The molecule has 4 rings (SSSR count). The van der Waals surface area contributed by atoms with Gasteiger partial charge in [-0.2, -0.15) is 0 Å². The molecule has 2 aromatic carbocycles. The predicted molar refractivity (Wildman–Crippen MR) is 101 cm³/mol. The highest BCUT2D eigenvalue weighted by atomic mass is 16.6. The number of hydrogen-bond acceptors (Lipinski definition) is 7. The molecular formula is C21H18N2O5. The first kappa shape index (κ1) is 17.8. The predicted octanol–water partition coefficient (Wildman–Crippen LogP) is 4.55. The molecule has 0 N–H and O–H groups in total. The number of benzene rings is 2. The number of rotatable bonds is 6. The van der Waals surface area contributed by atoms with E-state index in [9.17, 15) is 4.79 Å². The number of nitrogens with zero attached hydrogens (tertiary/aromatic N) is 2. The van der Waals surface area contributed by atoms with Crippen molar-refractivity contribution in [1.82, 2.24) is 10.2 Å². The van der Waals surface area contributed by atoms with Crippen LogP contribution in [-0.4, -0.2) is 22.8 Å². The first-order valence-corrected chi connectivity index (χ1v) is 8.86. The number of esters is 1. The molecule has 0 saturated carbocycles. The van der Waals surface area contributed by atoms with Crippen molar-refractivity contribution in [2.24, 2.45) is 0 Å². The quantitative estimate of drug-likeness (QED) is 0.455. The largest absolute Gasteiger partial charge is 0.494 e. The monoisotopic (exact) mass is 378 g/mol. The normalized spacial score (nSPS) is 10.9. The molecule has 28 heavy (non-hydrogen) atoms. The second-order valence-electron chi connectivity index (χ2n) is 6.09. The van der Waals surface area contributed by atoms with E-state index < -0.39 is 5.97 Å². The second kappa shape index (κ2) is 7.56. The van der Waals surface area contributed by atoms with E-state index in [1.54, 1.807) is 19.1 Å². The molecule has 0 amide bonds. The molecule has 0 atom stereocenters. The maximum absolute atomic E-state index is 12.5. The van der Waals surface area contributed by atoms with Gasteiger partial charge in [-0.1, -0.05) is 18.2 Å². The Morgan fingerprint density at radius 3 is 2.68 bits per heavy atom. The number of aryl methyl sites for hydroxylation is 1.